The second kappa shape index (κ2) is 3.24. The van der Waals surface area contributed by atoms with E-state index in [1.165, 1.54) is 0 Å². The van der Waals surface area contributed by atoms with E-state index in [0.717, 1.165) is 34.9 Å². The van der Waals surface area contributed by atoms with Gasteiger partial charge in [-0.25, -0.2) is 0 Å². The van der Waals surface area contributed by atoms with Gasteiger partial charge in [-0.1, -0.05) is 12.1 Å². The molecule has 0 atom stereocenters. The maximum absolute atomic E-state index is 9.87. The third-order valence-corrected chi connectivity index (χ3v) is 3.83. The highest BCUT2D eigenvalue weighted by molar-refractivity contribution is 9.10. The van der Waals surface area contributed by atoms with Crippen molar-refractivity contribution in [2.75, 3.05) is 0 Å². The summed E-state index contributed by atoms with van der Waals surface area (Å²) in [5.74, 6) is 0.349. The van der Waals surface area contributed by atoms with Crippen molar-refractivity contribution >= 4 is 15.9 Å². The van der Waals surface area contributed by atoms with Gasteiger partial charge in [0, 0.05) is 5.54 Å². The van der Waals surface area contributed by atoms with Gasteiger partial charge in [0.25, 0.3) is 0 Å². The smallest absolute Gasteiger partial charge is 0.133 e. The van der Waals surface area contributed by atoms with Crippen LogP contribution in [0.1, 0.15) is 24.0 Å². The van der Waals surface area contributed by atoms with E-state index in [1.54, 1.807) is 0 Å². The monoisotopic (exact) mass is 255 g/mol. The molecule has 0 radical (unpaired) electrons. The fourth-order valence-electron chi connectivity index (χ4n) is 1.56. The number of benzene rings is 1. The van der Waals surface area contributed by atoms with Gasteiger partial charge in [0.15, 0.2) is 0 Å². The molecule has 0 amide bonds. The summed E-state index contributed by atoms with van der Waals surface area (Å²) in [6.07, 6.45) is 2.91. The molecule has 0 aliphatic heterocycles. The summed E-state index contributed by atoms with van der Waals surface area (Å²) in [6, 6.07) is 3.97. The van der Waals surface area contributed by atoms with E-state index in [1.807, 2.05) is 19.1 Å². The van der Waals surface area contributed by atoms with Crippen LogP contribution < -0.4 is 5.73 Å². The lowest BCUT2D eigenvalue weighted by atomic mass is 10.0. The molecule has 1 aromatic carbocycles. The summed E-state index contributed by atoms with van der Waals surface area (Å²) < 4.78 is 0.791. The summed E-state index contributed by atoms with van der Waals surface area (Å²) in [4.78, 5) is 0. The molecule has 0 bridgehead atoms. The molecule has 2 nitrogen and oxygen atoms in total. The first kappa shape index (κ1) is 9.99. The van der Waals surface area contributed by atoms with Crippen LogP contribution in [0.25, 0.3) is 0 Å². The summed E-state index contributed by atoms with van der Waals surface area (Å²) in [5, 5.41) is 9.87. The van der Waals surface area contributed by atoms with Crippen molar-refractivity contribution in [1.29, 1.82) is 0 Å². The number of phenolic OH excluding ortho intramolecular Hbond substituents is 1. The third-order valence-electron chi connectivity index (χ3n) is 2.83. The highest BCUT2D eigenvalue weighted by Gasteiger charge is 2.38. The molecule has 1 aliphatic carbocycles. The van der Waals surface area contributed by atoms with Crippen molar-refractivity contribution in [2.24, 2.45) is 5.73 Å². The molecule has 1 aromatic rings. The fourth-order valence-corrected chi connectivity index (χ4v) is 1.95. The Kier molecular flexibility index (Phi) is 2.32. The van der Waals surface area contributed by atoms with E-state index < -0.39 is 0 Å². The molecule has 76 valence electrons. The van der Waals surface area contributed by atoms with E-state index in [4.69, 9.17) is 5.73 Å². The number of aryl methyl sites for hydroxylation is 1. The summed E-state index contributed by atoms with van der Waals surface area (Å²) in [5.41, 5.74) is 7.96. The van der Waals surface area contributed by atoms with Gasteiger partial charge in [-0.15, -0.1) is 0 Å². The van der Waals surface area contributed by atoms with Crippen molar-refractivity contribution < 1.29 is 5.11 Å². The van der Waals surface area contributed by atoms with Gasteiger partial charge in [-0.2, -0.15) is 0 Å². The van der Waals surface area contributed by atoms with Gasteiger partial charge in [0.1, 0.15) is 5.75 Å². The van der Waals surface area contributed by atoms with Crippen molar-refractivity contribution in [2.45, 2.75) is 31.7 Å². The van der Waals surface area contributed by atoms with Gasteiger partial charge in [-0.05, 0) is 53.2 Å². The number of nitrogens with two attached hydrogens (primary N) is 1. The average molecular weight is 256 g/mol. The zero-order valence-electron chi connectivity index (χ0n) is 8.18. The lowest BCUT2D eigenvalue weighted by Crippen LogP contribution is -2.24. The Morgan fingerprint density at radius 3 is 2.71 bits per heavy atom. The Morgan fingerprint density at radius 1 is 1.50 bits per heavy atom. The quantitative estimate of drug-likeness (QED) is 0.853. The number of phenols is 1. The standard InChI is InChI=1S/C11H14BrNO/c1-7-2-3-8(10(14)9(7)12)6-11(13)4-5-11/h2-3,14H,4-6,13H2,1H3. The summed E-state index contributed by atoms with van der Waals surface area (Å²) in [7, 11) is 0. The molecular formula is C11H14BrNO. The van der Waals surface area contributed by atoms with E-state index in [0.29, 0.717) is 5.75 Å². The molecule has 0 unspecified atom stereocenters. The van der Waals surface area contributed by atoms with Gasteiger partial charge in [0.2, 0.25) is 0 Å². The van der Waals surface area contributed by atoms with Gasteiger partial charge in [0.05, 0.1) is 4.47 Å². The predicted octanol–water partition coefficient (Wildman–Crippen LogP) is 2.50. The molecule has 0 saturated heterocycles. The van der Waals surface area contributed by atoms with E-state index in [9.17, 15) is 5.11 Å². The third kappa shape index (κ3) is 1.79. The van der Waals surface area contributed by atoms with E-state index in [2.05, 4.69) is 15.9 Å². The van der Waals surface area contributed by atoms with Gasteiger partial charge < -0.3 is 10.8 Å². The molecule has 3 N–H and O–H groups in total. The van der Waals surface area contributed by atoms with Crippen LogP contribution in [-0.4, -0.2) is 10.6 Å². The molecule has 1 saturated carbocycles. The maximum Gasteiger partial charge on any atom is 0.133 e. The zero-order valence-corrected chi connectivity index (χ0v) is 9.76. The molecule has 0 aromatic heterocycles. The minimum atomic E-state index is -0.0494. The molecule has 14 heavy (non-hydrogen) atoms. The van der Waals surface area contributed by atoms with E-state index >= 15 is 0 Å². The number of rotatable bonds is 2. The van der Waals surface area contributed by atoms with Crippen molar-refractivity contribution in [1.82, 2.24) is 0 Å². The average Bonchev–Trinajstić information content (AvgIpc) is 2.86. The number of hydrogen-bond donors (Lipinski definition) is 2. The molecule has 1 fully saturated rings. The van der Waals surface area contributed by atoms with Crippen LogP contribution in [0.15, 0.2) is 16.6 Å². The topological polar surface area (TPSA) is 46.2 Å². The minimum absolute atomic E-state index is 0.0494. The fraction of sp³-hybridized carbons (Fsp3) is 0.455. The van der Waals surface area contributed by atoms with Crippen LogP contribution in [0.4, 0.5) is 0 Å². The lowest BCUT2D eigenvalue weighted by molar-refractivity contribution is 0.459. The Hall–Kier alpha value is -0.540. The van der Waals surface area contributed by atoms with Crippen molar-refractivity contribution in [3.8, 4) is 5.75 Å². The molecular weight excluding hydrogens is 242 g/mol. The highest BCUT2D eigenvalue weighted by Crippen LogP contribution is 2.40. The number of aromatic hydroxyl groups is 1. The molecule has 0 heterocycles. The van der Waals surface area contributed by atoms with Crippen LogP contribution in [0, 0.1) is 6.92 Å². The molecule has 1 aliphatic rings. The van der Waals surface area contributed by atoms with Crippen LogP contribution in [0.2, 0.25) is 0 Å². The van der Waals surface area contributed by atoms with Crippen LogP contribution in [-0.2, 0) is 6.42 Å². The largest absolute Gasteiger partial charge is 0.506 e. The first-order valence-corrected chi connectivity index (χ1v) is 5.57. The summed E-state index contributed by atoms with van der Waals surface area (Å²) >= 11 is 3.37. The highest BCUT2D eigenvalue weighted by atomic mass is 79.9. The predicted molar refractivity (Wildman–Crippen MR) is 60.4 cm³/mol. The Balaban J connectivity index is 2.30. The van der Waals surface area contributed by atoms with Crippen molar-refractivity contribution in [3.63, 3.8) is 0 Å². The Labute approximate surface area is 92.3 Å². The SMILES string of the molecule is Cc1ccc(CC2(N)CC2)c(O)c1Br. The number of halogens is 1. The second-order valence-electron chi connectivity index (χ2n) is 4.24. The van der Waals surface area contributed by atoms with Gasteiger partial charge >= 0.3 is 0 Å². The van der Waals surface area contributed by atoms with Gasteiger partial charge in [-0.3, -0.25) is 0 Å². The Morgan fingerprint density at radius 2 is 2.14 bits per heavy atom. The van der Waals surface area contributed by atoms with E-state index in [-0.39, 0.29) is 5.54 Å². The zero-order chi connectivity index (χ0) is 10.3. The first-order chi connectivity index (χ1) is 6.52. The van der Waals surface area contributed by atoms with Crippen LogP contribution >= 0.6 is 15.9 Å². The maximum atomic E-state index is 9.87. The van der Waals surface area contributed by atoms with Crippen LogP contribution in [0.5, 0.6) is 5.75 Å². The first-order valence-electron chi connectivity index (χ1n) is 4.78. The Bertz CT molecular complexity index is 372. The molecule has 2 rings (SSSR count). The molecule has 0 spiro atoms. The molecule has 3 heteroatoms. The summed E-state index contributed by atoms with van der Waals surface area (Å²) in [6.45, 7) is 1.96. The number of hydrogen-bond acceptors (Lipinski definition) is 2. The second-order valence-corrected chi connectivity index (χ2v) is 5.04. The normalized spacial score (nSPS) is 18.2. The van der Waals surface area contributed by atoms with Crippen molar-refractivity contribution in [3.05, 3.63) is 27.7 Å². The minimum Gasteiger partial charge on any atom is -0.506 e. The lowest BCUT2D eigenvalue weighted by Gasteiger charge is -2.12. The van der Waals surface area contributed by atoms with Crippen LogP contribution in [0.3, 0.4) is 0 Å².